The molecule has 3 atom stereocenters. The van der Waals surface area contributed by atoms with Crippen LogP contribution in [0.3, 0.4) is 0 Å². The number of nitrogens with zero attached hydrogens (tertiary/aromatic N) is 4. The van der Waals surface area contributed by atoms with Gasteiger partial charge < -0.3 is 24.0 Å². The fourth-order valence-electron chi connectivity index (χ4n) is 5.03. The summed E-state index contributed by atoms with van der Waals surface area (Å²) in [6, 6.07) is 3.13. The summed E-state index contributed by atoms with van der Waals surface area (Å²) in [6.45, 7) is 8.47. The van der Waals surface area contributed by atoms with Crippen molar-refractivity contribution in [1.29, 1.82) is 0 Å². The Kier molecular flexibility index (Phi) is 11.3. The molecular formula is C28H38ClF3N4O4. The number of alkyl halides is 3. The molecule has 1 saturated heterocycles. The maximum Gasteiger partial charge on any atom is 0.416 e. The van der Waals surface area contributed by atoms with Crippen LogP contribution in [0.4, 0.5) is 23.9 Å². The van der Waals surface area contributed by atoms with E-state index in [1.165, 1.54) is 18.5 Å². The van der Waals surface area contributed by atoms with Crippen LogP contribution in [0.25, 0.3) is 0 Å². The number of aromatic nitrogens is 2. The predicted octanol–water partition coefficient (Wildman–Crippen LogP) is 6.75. The zero-order valence-electron chi connectivity index (χ0n) is 23.6. The standard InChI is InChI=1S/C28H38ClF3N4O4/c1-6-22-13-24(14-23(7-2)36(22)27(37)40-18(3)4)35(26-33-15-25(16-34-26)39-9-8-38-5)17-19-10-20(28(30,31)32)12-21(29)11-19/h10-12,15-16,18,22-24H,6-9,13-14,17H2,1-5H3/t22-,23+,24+. The van der Waals surface area contributed by atoms with Crippen molar-refractivity contribution in [2.45, 2.75) is 90.3 Å². The van der Waals surface area contributed by atoms with E-state index in [1.54, 1.807) is 7.11 Å². The Morgan fingerprint density at radius 1 is 1.10 bits per heavy atom. The number of methoxy groups -OCH3 is 1. The molecule has 1 fully saturated rings. The molecule has 1 amide bonds. The summed E-state index contributed by atoms with van der Waals surface area (Å²) < 4.78 is 56.8. The van der Waals surface area contributed by atoms with Crippen LogP contribution in [0.1, 0.15) is 64.5 Å². The molecule has 40 heavy (non-hydrogen) atoms. The first-order valence-corrected chi connectivity index (χ1v) is 13.9. The summed E-state index contributed by atoms with van der Waals surface area (Å²) in [5.41, 5.74) is -0.437. The number of halogens is 4. The number of anilines is 1. The van der Waals surface area contributed by atoms with Crippen molar-refractivity contribution in [2.24, 2.45) is 0 Å². The van der Waals surface area contributed by atoms with E-state index in [1.807, 2.05) is 37.5 Å². The number of amides is 1. The van der Waals surface area contributed by atoms with Crippen molar-refractivity contribution in [3.8, 4) is 5.75 Å². The second-order valence-electron chi connectivity index (χ2n) is 10.1. The van der Waals surface area contributed by atoms with E-state index in [-0.39, 0.29) is 41.9 Å². The maximum absolute atomic E-state index is 13.6. The van der Waals surface area contributed by atoms with Gasteiger partial charge in [-0.2, -0.15) is 13.2 Å². The Labute approximate surface area is 238 Å². The van der Waals surface area contributed by atoms with E-state index in [2.05, 4.69) is 9.97 Å². The fraction of sp³-hybridized carbons (Fsp3) is 0.607. The van der Waals surface area contributed by atoms with Gasteiger partial charge in [0.15, 0.2) is 5.75 Å². The van der Waals surface area contributed by atoms with Crippen LogP contribution in [0.5, 0.6) is 5.75 Å². The van der Waals surface area contributed by atoms with Crippen LogP contribution in [0, 0.1) is 0 Å². The molecule has 12 heteroatoms. The van der Waals surface area contributed by atoms with E-state index in [0.717, 1.165) is 12.1 Å². The minimum Gasteiger partial charge on any atom is -0.488 e. The molecule has 0 aliphatic carbocycles. The van der Waals surface area contributed by atoms with Crippen molar-refractivity contribution in [3.05, 3.63) is 46.7 Å². The molecule has 2 aromatic rings. The van der Waals surface area contributed by atoms with E-state index in [0.29, 0.717) is 56.2 Å². The van der Waals surface area contributed by atoms with Gasteiger partial charge in [-0.3, -0.25) is 0 Å². The highest BCUT2D eigenvalue weighted by Crippen LogP contribution is 2.36. The first-order chi connectivity index (χ1) is 19.0. The first-order valence-electron chi connectivity index (χ1n) is 13.5. The monoisotopic (exact) mass is 586 g/mol. The SMILES string of the molecule is CC[C@@H]1C[C@H](N(Cc2cc(Cl)cc(C(F)(F)F)c2)c2ncc(OCCOC)cn2)C[C@H](CC)N1C(=O)OC(C)C. The number of hydrogen-bond acceptors (Lipinski definition) is 7. The lowest BCUT2D eigenvalue weighted by Gasteiger charge is -2.47. The molecule has 0 radical (unpaired) electrons. The van der Waals surface area contributed by atoms with Crippen molar-refractivity contribution in [3.63, 3.8) is 0 Å². The van der Waals surface area contributed by atoms with Gasteiger partial charge in [0.2, 0.25) is 5.95 Å². The Morgan fingerprint density at radius 3 is 2.25 bits per heavy atom. The molecule has 0 N–H and O–H groups in total. The zero-order valence-corrected chi connectivity index (χ0v) is 24.3. The molecule has 8 nitrogen and oxygen atoms in total. The second-order valence-corrected chi connectivity index (χ2v) is 10.6. The van der Waals surface area contributed by atoms with E-state index in [9.17, 15) is 18.0 Å². The van der Waals surface area contributed by atoms with Crippen molar-refractivity contribution in [1.82, 2.24) is 14.9 Å². The van der Waals surface area contributed by atoms with Gasteiger partial charge in [0.1, 0.15) is 6.61 Å². The molecule has 1 aromatic carbocycles. The molecule has 0 bridgehead atoms. The topological polar surface area (TPSA) is 77.0 Å². The van der Waals surface area contributed by atoms with Gasteiger partial charge in [0.25, 0.3) is 0 Å². The van der Waals surface area contributed by atoms with Crippen LogP contribution in [-0.4, -0.2) is 65.5 Å². The van der Waals surface area contributed by atoms with E-state index >= 15 is 0 Å². The number of hydrogen-bond donors (Lipinski definition) is 0. The summed E-state index contributed by atoms with van der Waals surface area (Å²) in [5, 5.41) is -0.00305. The molecule has 1 aliphatic heterocycles. The molecule has 2 heterocycles. The summed E-state index contributed by atoms with van der Waals surface area (Å²) in [7, 11) is 1.57. The highest BCUT2D eigenvalue weighted by molar-refractivity contribution is 6.30. The molecular weight excluding hydrogens is 549 g/mol. The number of benzene rings is 1. The number of carbonyl (C=O) groups is 1. The molecule has 3 rings (SSSR count). The molecule has 0 spiro atoms. The van der Waals surface area contributed by atoms with Gasteiger partial charge in [0, 0.05) is 36.8 Å². The Morgan fingerprint density at radius 2 is 1.73 bits per heavy atom. The highest BCUT2D eigenvalue weighted by Gasteiger charge is 2.41. The quantitative estimate of drug-likeness (QED) is 0.270. The van der Waals surface area contributed by atoms with Gasteiger partial charge in [-0.25, -0.2) is 14.8 Å². The van der Waals surface area contributed by atoms with Crippen LogP contribution < -0.4 is 9.64 Å². The minimum absolute atomic E-state index is 0.00305. The molecule has 0 saturated carbocycles. The Bertz CT molecular complexity index is 1090. The molecule has 0 unspecified atom stereocenters. The van der Waals surface area contributed by atoms with Gasteiger partial charge in [-0.05, 0) is 63.3 Å². The number of rotatable bonds is 11. The average molecular weight is 587 g/mol. The van der Waals surface area contributed by atoms with Crippen molar-refractivity contribution < 1.29 is 32.2 Å². The smallest absolute Gasteiger partial charge is 0.416 e. The minimum atomic E-state index is -4.54. The lowest BCUT2D eigenvalue weighted by atomic mass is 9.87. The third-order valence-corrected chi connectivity index (χ3v) is 7.09. The third kappa shape index (κ3) is 8.36. The summed E-state index contributed by atoms with van der Waals surface area (Å²) in [6.07, 6.45) is 0.460. The summed E-state index contributed by atoms with van der Waals surface area (Å²) >= 11 is 6.10. The first kappa shape index (κ1) is 31.7. The van der Waals surface area contributed by atoms with Crippen LogP contribution >= 0.6 is 11.6 Å². The van der Waals surface area contributed by atoms with Crippen molar-refractivity contribution in [2.75, 3.05) is 25.2 Å². The molecule has 222 valence electrons. The lowest BCUT2D eigenvalue weighted by molar-refractivity contribution is -0.137. The largest absolute Gasteiger partial charge is 0.488 e. The molecule has 1 aliphatic rings. The zero-order chi connectivity index (χ0) is 29.4. The maximum atomic E-state index is 13.6. The third-order valence-electron chi connectivity index (χ3n) is 6.87. The van der Waals surface area contributed by atoms with Crippen molar-refractivity contribution >= 4 is 23.6 Å². The number of ether oxygens (including phenoxy) is 3. The Balaban J connectivity index is 1.97. The van der Waals surface area contributed by atoms with E-state index < -0.39 is 11.7 Å². The molecule has 1 aromatic heterocycles. The van der Waals surface area contributed by atoms with Gasteiger partial charge in [-0.1, -0.05) is 25.4 Å². The summed E-state index contributed by atoms with van der Waals surface area (Å²) in [5.74, 6) is 0.799. The van der Waals surface area contributed by atoms with Crippen LogP contribution in [-0.2, 0) is 22.2 Å². The average Bonchev–Trinajstić information content (AvgIpc) is 2.90. The van der Waals surface area contributed by atoms with E-state index in [4.69, 9.17) is 25.8 Å². The Hall–Kier alpha value is -2.79. The summed E-state index contributed by atoms with van der Waals surface area (Å²) in [4.78, 5) is 25.8. The van der Waals surface area contributed by atoms with Gasteiger partial charge in [0.05, 0.1) is 30.7 Å². The van der Waals surface area contributed by atoms with Gasteiger partial charge in [-0.15, -0.1) is 0 Å². The highest BCUT2D eigenvalue weighted by atomic mass is 35.5. The second kappa shape index (κ2) is 14.2. The normalized spacial score (nSPS) is 19.6. The number of likely N-dealkylation sites (tertiary alicyclic amines) is 1. The van der Waals surface area contributed by atoms with Crippen LogP contribution in [0.15, 0.2) is 30.6 Å². The fourth-order valence-corrected chi connectivity index (χ4v) is 5.29. The van der Waals surface area contributed by atoms with Crippen LogP contribution in [0.2, 0.25) is 5.02 Å². The van der Waals surface area contributed by atoms with Gasteiger partial charge >= 0.3 is 12.3 Å². The number of piperidine rings is 1. The predicted molar refractivity (Wildman–Crippen MR) is 147 cm³/mol. The lowest BCUT2D eigenvalue weighted by Crippen LogP contribution is -2.57. The number of carbonyl (C=O) groups excluding carboxylic acids is 1.